The molecule has 0 aliphatic carbocycles. The summed E-state index contributed by atoms with van der Waals surface area (Å²) in [5.41, 5.74) is -1.39. The summed E-state index contributed by atoms with van der Waals surface area (Å²) in [6.07, 6.45) is 0. The Balaban J connectivity index is 0.000000523. The third-order valence-electron chi connectivity index (χ3n) is 2.96. The fraction of sp³-hybridized carbons (Fsp3) is 0. The summed E-state index contributed by atoms with van der Waals surface area (Å²) >= 11 is 0. The van der Waals surface area contributed by atoms with Crippen LogP contribution in [0.1, 0.15) is 20.7 Å². The van der Waals surface area contributed by atoms with Gasteiger partial charge in [0.25, 0.3) is 20.2 Å². The van der Waals surface area contributed by atoms with Gasteiger partial charge in [0, 0.05) is 0 Å². The van der Waals surface area contributed by atoms with Crippen molar-refractivity contribution in [2.75, 3.05) is 0 Å². The van der Waals surface area contributed by atoms with Crippen molar-refractivity contribution in [1.82, 2.24) is 0 Å². The summed E-state index contributed by atoms with van der Waals surface area (Å²) < 4.78 is 59.4. The minimum Gasteiger partial charge on any atom is -0.872 e. The number of benzene rings is 2. The van der Waals surface area contributed by atoms with Gasteiger partial charge in [0.2, 0.25) is 0 Å². The van der Waals surface area contributed by atoms with Crippen LogP contribution in [0, 0.1) is 0 Å². The molecule has 0 spiro atoms. The molecule has 0 amide bonds. The second-order valence-corrected chi connectivity index (χ2v) is 7.72. The summed E-state index contributed by atoms with van der Waals surface area (Å²) in [6.45, 7) is 0. The fourth-order valence-electron chi connectivity index (χ4n) is 1.67. The molecule has 0 bridgehead atoms. The zero-order valence-corrected chi connectivity index (χ0v) is 16.4. The normalized spacial score (nSPS) is 10.8. The summed E-state index contributed by atoms with van der Waals surface area (Å²) in [4.78, 5) is 19.6. The molecule has 0 aliphatic heterocycles. The third-order valence-corrected chi connectivity index (χ3v) is 4.66. The number of hydrogen-bond donors (Lipinski definition) is 4. The van der Waals surface area contributed by atoms with Crippen molar-refractivity contribution in [3.63, 3.8) is 0 Å². The Hall–Kier alpha value is -2.68. The first kappa shape index (κ1) is 26.3. The molecule has 0 saturated heterocycles. The number of aromatic carboxylic acids is 2. The summed E-state index contributed by atoms with van der Waals surface area (Å²) in [7, 11) is -8.96. The van der Waals surface area contributed by atoms with Crippen LogP contribution in [0.5, 0.6) is 11.5 Å². The predicted molar refractivity (Wildman–Crippen MR) is 85.3 cm³/mol. The number of rotatable bonds is 4. The predicted octanol–water partition coefficient (Wildman–Crippen LogP) is -0.592. The number of hydrogen-bond acceptors (Lipinski definition) is 8. The van der Waals surface area contributed by atoms with Crippen molar-refractivity contribution in [3.05, 3.63) is 47.5 Å². The monoisotopic (exact) mass is 490 g/mol. The van der Waals surface area contributed by atoms with Gasteiger partial charge in [-0.05, 0) is 24.3 Å². The molecule has 15 heteroatoms. The Morgan fingerprint density at radius 3 is 1.17 bits per heavy atom. The van der Waals surface area contributed by atoms with E-state index in [-0.39, 0.29) is 17.1 Å². The van der Waals surface area contributed by atoms with Crippen molar-refractivity contribution >= 4 is 32.2 Å². The first-order valence-electron chi connectivity index (χ1n) is 6.68. The van der Waals surface area contributed by atoms with Gasteiger partial charge in [-0.25, -0.2) is 9.59 Å². The van der Waals surface area contributed by atoms with Gasteiger partial charge < -0.3 is 20.4 Å². The molecule has 2 aromatic carbocycles. The van der Waals surface area contributed by atoms with Crippen LogP contribution in [0.3, 0.4) is 0 Å². The van der Waals surface area contributed by atoms with Gasteiger partial charge in [-0.15, -0.1) is 0 Å². The minimum atomic E-state index is -4.48. The molecule has 29 heavy (non-hydrogen) atoms. The molecule has 2 aromatic rings. The van der Waals surface area contributed by atoms with Gasteiger partial charge in [0.05, 0.1) is 20.9 Å². The Morgan fingerprint density at radius 1 is 0.690 bits per heavy atom. The molecule has 0 fully saturated rings. The first-order valence-corrected chi connectivity index (χ1v) is 9.56. The van der Waals surface area contributed by atoms with Crippen LogP contribution in [0.4, 0.5) is 0 Å². The van der Waals surface area contributed by atoms with Crippen LogP contribution >= 0.6 is 0 Å². The van der Waals surface area contributed by atoms with E-state index in [1.807, 2.05) is 0 Å². The molecule has 0 saturated carbocycles. The van der Waals surface area contributed by atoms with Gasteiger partial charge in [-0.3, -0.25) is 9.11 Å². The molecule has 12 nitrogen and oxygen atoms in total. The van der Waals surface area contributed by atoms with Crippen LogP contribution in [0.2, 0.25) is 0 Å². The van der Waals surface area contributed by atoms with Crippen LogP contribution in [-0.2, 0) is 37.3 Å². The van der Waals surface area contributed by atoms with E-state index in [2.05, 4.69) is 0 Å². The van der Waals surface area contributed by atoms with Crippen molar-refractivity contribution in [3.8, 4) is 11.5 Å². The smallest absolute Gasteiger partial charge is 0.872 e. The van der Waals surface area contributed by atoms with Gasteiger partial charge in [-0.1, -0.05) is 23.6 Å². The van der Waals surface area contributed by atoms with Crippen molar-refractivity contribution in [1.29, 1.82) is 0 Å². The topological polar surface area (TPSA) is 229 Å². The maximum absolute atomic E-state index is 10.9. The van der Waals surface area contributed by atoms with Crippen molar-refractivity contribution < 1.29 is 73.0 Å². The summed E-state index contributed by atoms with van der Waals surface area (Å²) in [5.74, 6) is -4.71. The van der Waals surface area contributed by atoms with E-state index in [1.165, 1.54) is 0 Å². The maximum atomic E-state index is 10.9. The Labute approximate surface area is 174 Å². The maximum Gasteiger partial charge on any atom is 2.00 e. The first-order chi connectivity index (χ1) is 12.6. The number of carboxylic acid groups (broad SMARTS) is 2. The standard InChI is InChI=1S/2C7H6O6S.Fe/c2*8-6-2-1-4(14(11,12)13)3-5(6)7(9)10;/h2*1-3,8H,(H,9,10)(H,11,12,13);/q;;+2/p-2. The number of carbonyl (C=O) groups is 2. The van der Waals surface area contributed by atoms with Gasteiger partial charge in [-0.2, -0.15) is 16.8 Å². The molecule has 0 atom stereocenters. The molecule has 0 unspecified atom stereocenters. The van der Waals surface area contributed by atoms with E-state index in [0.717, 1.165) is 24.3 Å². The molecular weight excluding hydrogens is 480 g/mol. The van der Waals surface area contributed by atoms with E-state index >= 15 is 0 Å². The minimum absolute atomic E-state index is 0. The quantitative estimate of drug-likeness (QED) is 0.311. The average molecular weight is 490 g/mol. The molecule has 2 rings (SSSR count). The largest absolute Gasteiger partial charge is 2.00 e. The van der Waals surface area contributed by atoms with Gasteiger partial charge in [0.1, 0.15) is 0 Å². The van der Waals surface area contributed by atoms with E-state index < -0.39 is 64.6 Å². The van der Waals surface area contributed by atoms with Gasteiger partial charge >= 0.3 is 29.0 Å². The fourth-order valence-corrected chi connectivity index (χ4v) is 2.69. The van der Waals surface area contributed by atoms with Gasteiger partial charge in [0.15, 0.2) is 0 Å². The molecule has 158 valence electrons. The van der Waals surface area contributed by atoms with Crippen LogP contribution in [0.15, 0.2) is 46.2 Å². The van der Waals surface area contributed by atoms with E-state index in [9.17, 15) is 36.6 Å². The molecule has 0 heterocycles. The van der Waals surface area contributed by atoms with Crippen molar-refractivity contribution in [2.24, 2.45) is 0 Å². The summed E-state index contributed by atoms with van der Waals surface area (Å²) in [6, 6.07) is 4.44. The molecule has 4 N–H and O–H groups in total. The molecule has 0 radical (unpaired) electrons. The van der Waals surface area contributed by atoms with E-state index in [0.29, 0.717) is 12.1 Å². The average Bonchev–Trinajstić information content (AvgIpc) is 2.53. The second-order valence-electron chi connectivity index (χ2n) is 4.88. The third kappa shape index (κ3) is 7.34. The second kappa shape index (κ2) is 9.69. The summed E-state index contributed by atoms with van der Waals surface area (Å²) in [5, 5.41) is 38.7. The van der Waals surface area contributed by atoms with Crippen LogP contribution in [-0.4, -0.2) is 48.1 Å². The van der Waals surface area contributed by atoms with Crippen LogP contribution in [0.25, 0.3) is 0 Å². The molecular formula is C14H10FeO12S2. The number of carboxylic acids is 2. The van der Waals surface area contributed by atoms with Crippen LogP contribution < -0.4 is 10.2 Å². The molecule has 0 aliphatic rings. The Kier molecular flexibility index (Phi) is 8.79. The van der Waals surface area contributed by atoms with E-state index in [1.54, 1.807) is 0 Å². The van der Waals surface area contributed by atoms with Crippen molar-refractivity contribution in [2.45, 2.75) is 9.79 Å². The molecule has 0 aromatic heterocycles. The Morgan fingerprint density at radius 2 is 0.966 bits per heavy atom. The Bertz CT molecular complexity index is 1050. The zero-order chi connectivity index (χ0) is 21.9. The SMILES string of the molecule is O=C(O)c1cc(S(=O)(=O)O)ccc1[O-].O=C(O)c1cc(S(=O)(=O)O)ccc1[O-].[Fe+2]. The van der Waals surface area contributed by atoms with E-state index in [4.69, 9.17) is 19.3 Å². The zero-order valence-electron chi connectivity index (χ0n) is 13.7.